The summed E-state index contributed by atoms with van der Waals surface area (Å²) < 4.78 is 37.6. The number of hydrogen-bond donors (Lipinski definition) is 0. The predicted molar refractivity (Wildman–Crippen MR) is 82.1 cm³/mol. The molecule has 0 N–H and O–H groups in total. The molecular formula is C15H22N2O4S. The molecule has 3 rings (SSSR count). The van der Waals surface area contributed by atoms with E-state index in [0.717, 1.165) is 31.6 Å². The molecule has 22 heavy (non-hydrogen) atoms. The van der Waals surface area contributed by atoms with Crippen LogP contribution in [0.1, 0.15) is 24.8 Å². The number of ether oxygens (including phenoxy) is 2. The van der Waals surface area contributed by atoms with E-state index in [1.165, 1.54) is 4.31 Å². The highest BCUT2D eigenvalue weighted by Crippen LogP contribution is 2.24. The zero-order valence-electron chi connectivity index (χ0n) is 12.6. The fraction of sp³-hybridized carbons (Fsp3) is 0.667. The van der Waals surface area contributed by atoms with Gasteiger partial charge in [-0.05, 0) is 31.2 Å². The lowest BCUT2D eigenvalue weighted by Crippen LogP contribution is -2.35. The van der Waals surface area contributed by atoms with Gasteiger partial charge in [-0.2, -0.15) is 4.31 Å². The highest BCUT2D eigenvalue weighted by Gasteiger charge is 2.27. The Morgan fingerprint density at radius 3 is 2.91 bits per heavy atom. The van der Waals surface area contributed by atoms with E-state index in [1.54, 1.807) is 12.3 Å². The van der Waals surface area contributed by atoms with E-state index >= 15 is 0 Å². The van der Waals surface area contributed by atoms with Crippen LogP contribution in [0.5, 0.6) is 5.88 Å². The van der Waals surface area contributed by atoms with Gasteiger partial charge in [0.15, 0.2) is 0 Å². The topological polar surface area (TPSA) is 68.7 Å². The lowest BCUT2D eigenvalue weighted by atomic mass is 9.98. The molecule has 0 aliphatic carbocycles. The van der Waals surface area contributed by atoms with Crippen molar-refractivity contribution in [2.24, 2.45) is 5.92 Å². The SMILES string of the molecule is O=S(=O)(CCC1CCOCC1)N1CCOc2ncccc2C1. The van der Waals surface area contributed by atoms with E-state index in [2.05, 4.69) is 4.98 Å². The fourth-order valence-electron chi connectivity index (χ4n) is 2.90. The van der Waals surface area contributed by atoms with E-state index < -0.39 is 10.0 Å². The normalized spacial score (nSPS) is 20.9. The van der Waals surface area contributed by atoms with Crippen molar-refractivity contribution in [3.8, 4) is 5.88 Å². The van der Waals surface area contributed by atoms with E-state index in [-0.39, 0.29) is 5.75 Å². The van der Waals surface area contributed by atoms with Crippen LogP contribution in [0.3, 0.4) is 0 Å². The van der Waals surface area contributed by atoms with Crippen molar-refractivity contribution in [3.63, 3.8) is 0 Å². The molecule has 122 valence electrons. The molecule has 0 bridgehead atoms. The molecule has 3 heterocycles. The Hall–Kier alpha value is -1.18. The molecule has 2 aliphatic heterocycles. The summed E-state index contributed by atoms with van der Waals surface area (Å²) in [7, 11) is -3.26. The third-order valence-electron chi connectivity index (χ3n) is 4.29. The van der Waals surface area contributed by atoms with Gasteiger partial charge < -0.3 is 9.47 Å². The molecular weight excluding hydrogens is 304 g/mol. The van der Waals surface area contributed by atoms with Crippen LogP contribution in [0.4, 0.5) is 0 Å². The second-order valence-electron chi connectivity index (χ2n) is 5.81. The standard InChI is InChI=1S/C15H22N2O4S/c18-22(19,11-5-13-3-8-20-9-4-13)17-7-10-21-15-14(12-17)2-1-6-16-15/h1-2,6,13H,3-5,7-12H2. The molecule has 0 radical (unpaired) electrons. The molecule has 0 saturated carbocycles. The Labute approximate surface area is 131 Å². The van der Waals surface area contributed by atoms with Crippen LogP contribution < -0.4 is 4.74 Å². The fourth-order valence-corrected chi connectivity index (χ4v) is 4.48. The van der Waals surface area contributed by atoms with Gasteiger partial charge in [-0.1, -0.05) is 6.07 Å². The zero-order chi connectivity index (χ0) is 15.4. The van der Waals surface area contributed by atoms with Crippen LogP contribution in [0.2, 0.25) is 0 Å². The molecule has 0 spiro atoms. The highest BCUT2D eigenvalue weighted by atomic mass is 32.2. The van der Waals surface area contributed by atoms with Crippen LogP contribution in [0.25, 0.3) is 0 Å². The maximum absolute atomic E-state index is 12.6. The van der Waals surface area contributed by atoms with E-state index in [9.17, 15) is 8.42 Å². The zero-order valence-corrected chi connectivity index (χ0v) is 13.4. The quantitative estimate of drug-likeness (QED) is 0.837. The first-order chi connectivity index (χ1) is 10.6. The minimum Gasteiger partial charge on any atom is -0.476 e. The summed E-state index contributed by atoms with van der Waals surface area (Å²) in [6.07, 6.45) is 4.30. The van der Waals surface area contributed by atoms with Crippen molar-refractivity contribution < 1.29 is 17.9 Å². The van der Waals surface area contributed by atoms with E-state index in [0.29, 0.717) is 37.9 Å². The Morgan fingerprint density at radius 1 is 1.27 bits per heavy atom. The van der Waals surface area contributed by atoms with Gasteiger partial charge in [0.2, 0.25) is 15.9 Å². The molecule has 0 unspecified atom stereocenters. The van der Waals surface area contributed by atoms with Crippen LogP contribution in [-0.4, -0.2) is 49.8 Å². The summed E-state index contributed by atoms with van der Waals surface area (Å²) in [5.74, 6) is 1.21. The van der Waals surface area contributed by atoms with Crippen molar-refractivity contribution in [2.45, 2.75) is 25.8 Å². The first-order valence-corrected chi connectivity index (χ1v) is 9.38. The maximum Gasteiger partial charge on any atom is 0.217 e. The van der Waals surface area contributed by atoms with Crippen LogP contribution in [0.15, 0.2) is 18.3 Å². The summed E-state index contributed by atoms with van der Waals surface area (Å²) in [6, 6.07) is 3.68. The molecule has 7 heteroatoms. The Balaban J connectivity index is 1.64. The number of sulfonamides is 1. The second-order valence-corrected chi connectivity index (χ2v) is 7.90. The molecule has 1 saturated heterocycles. The van der Waals surface area contributed by atoms with Gasteiger partial charge in [0.05, 0.1) is 5.75 Å². The first kappa shape index (κ1) is 15.7. The Kier molecular flexibility index (Phi) is 4.95. The van der Waals surface area contributed by atoms with Crippen LogP contribution >= 0.6 is 0 Å². The molecule has 2 aliphatic rings. The number of hydrogen-bond acceptors (Lipinski definition) is 5. The number of rotatable bonds is 4. The molecule has 1 aromatic rings. The molecule has 0 atom stereocenters. The number of fused-ring (bicyclic) bond motifs is 1. The molecule has 0 aromatic carbocycles. The van der Waals surface area contributed by atoms with Gasteiger partial charge in [-0.3, -0.25) is 0 Å². The smallest absolute Gasteiger partial charge is 0.217 e. The van der Waals surface area contributed by atoms with E-state index in [4.69, 9.17) is 9.47 Å². The van der Waals surface area contributed by atoms with Gasteiger partial charge in [0.25, 0.3) is 0 Å². The average molecular weight is 326 g/mol. The Bertz CT molecular complexity index is 599. The predicted octanol–water partition coefficient (Wildman–Crippen LogP) is 1.42. The minimum absolute atomic E-state index is 0.202. The van der Waals surface area contributed by atoms with Crippen LogP contribution in [0, 0.1) is 5.92 Å². The van der Waals surface area contributed by atoms with Gasteiger partial charge in [0.1, 0.15) is 6.61 Å². The van der Waals surface area contributed by atoms with Crippen molar-refractivity contribution in [3.05, 3.63) is 23.9 Å². The summed E-state index contributed by atoms with van der Waals surface area (Å²) in [6.45, 7) is 2.58. The summed E-state index contributed by atoms with van der Waals surface area (Å²) >= 11 is 0. The average Bonchev–Trinajstić information content (AvgIpc) is 2.77. The number of aromatic nitrogens is 1. The van der Waals surface area contributed by atoms with E-state index in [1.807, 2.05) is 6.07 Å². The number of nitrogens with zero attached hydrogens (tertiary/aromatic N) is 2. The molecule has 6 nitrogen and oxygen atoms in total. The van der Waals surface area contributed by atoms with Gasteiger partial charge >= 0.3 is 0 Å². The monoisotopic (exact) mass is 326 g/mol. The van der Waals surface area contributed by atoms with Crippen molar-refractivity contribution in [1.29, 1.82) is 0 Å². The highest BCUT2D eigenvalue weighted by molar-refractivity contribution is 7.89. The lowest BCUT2D eigenvalue weighted by molar-refractivity contribution is 0.0655. The molecule has 0 amide bonds. The van der Waals surface area contributed by atoms with Crippen molar-refractivity contribution >= 4 is 10.0 Å². The third-order valence-corrected chi connectivity index (χ3v) is 6.14. The van der Waals surface area contributed by atoms with Crippen molar-refractivity contribution in [2.75, 3.05) is 32.1 Å². The summed E-state index contributed by atoms with van der Waals surface area (Å²) in [4.78, 5) is 4.16. The molecule has 1 aromatic heterocycles. The molecule has 1 fully saturated rings. The third kappa shape index (κ3) is 3.77. The minimum atomic E-state index is -3.26. The number of pyridine rings is 1. The Morgan fingerprint density at radius 2 is 2.09 bits per heavy atom. The summed E-state index contributed by atoms with van der Waals surface area (Å²) in [5, 5.41) is 0. The maximum atomic E-state index is 12.6. The van der Waals surface area contributed by atoms with Gasteiger partial charge in [-0.25, -0.2) is 13.4 Å². The lowest BCUT2D eigenvalue weighted by Gasteiger charge is -2.24. The first-order valence-electron chi connectivity index (χ1n) is 7.77. The summed E-state index contributed by atoms with van der Waals surface area (Å²) in [5.41, 5.74) is 0.828. The van der Waals surface area contributed by atoms with Gasteiger partial charge in [0, 0.05) is 38.1 Å². The van der Waals surface area contributed by atoms with Crippen molar-refractivity contribution in [1.82, 2.24) is 9.29 Å². The largest absolute Gasteiger partial charge is 0.476 e. The second kappa shape index (κ2) is 6.93. The van der Waals surface area contributed by atoms with Crippen LogP contribution in [-0.2, 0) is 21.3 Å². The van der Waals surface area contributed by atoms with Gasteiger partial charge in [-0.15, -0.1) is 0 Å².